The number of rotatable bonds is 5. The summed E-state index contributed by atoms with van der Waals surface area (Å²) >= 11 is 7.47. The number of aliphatic hydroxyl groups is 1. The average molecular weight is 344 g/mol. The molecule has 2 N–H and O–H groups in total. The summed E-state index contributed by atoms with van der Waals surface area (Å²) in [5.41, 5.74) is -0.247. The van der Waals surface area contributed by atoms with Gasteiger partial charge in [-0.2, -0.15) is 5.10 Å². The van der Waals surface area contributed by atoms with Crippen molar-refractivity contribution in [1.29, 1.82) is 0 Å². The van der Waals surface area contributed by atoms with Crippen LogP contribution in [-0.4, -0.2) is 31.6 Å². The molecule has 0 spiro atoms. The lowest BCUT2D eigenvalue weighted by Gasteiger charge is -2.21. The van der Waals surface area contributed by atoms with Gasteiger partial charge in [-0.15, -0.1) is 10.2 Å². The average Bonchev–Trinajstić information content (AvgIpc) is 2.90. The molecular formula is C13H18ClN5O2S. The van der Waals surface area contributed by atoms with Crippen LogP contribution in [0.5, 0.6) is 0 Å². The highest BCUT2D eigenvalue weighted by atomic mass is 35.5. The standard InChI is InChI=1S/C13H18ClN5O2S/c1-13(2,3)19-12(21)11(14)8(6-16-19)15-5-4-9-17-18-10(7-20)22-9/h6,15,20H,4-5,7H2,1-3H3. The molecule has 2 aromatic rings. The predicted octanol–water partition coefficient (Wildman–Crippen LogP) is 1.65. The summed E-state index contributed by atoms with van der Waals surface area (Å²) in [4.78, 5) is 12.2. The maximum absolute atomic E-state index is 12.2. The highest BCUT2D eigenvalue weighted by Crippen LogP contribution is 2.18. The smallest absolute Gasteiger partial charge is 0.288 e. The third kappa shape index (κ3) is 3.82. The monoisotopic (exact) mass is 343 g/mol. The highest BCUT2D eigenvalue weighted by Gasteiger charge is 2.19. The zero-order chi connectivity index (χ0) is 16.3. The van der Waals surface area contributed by atoms with Crippen LogP contribution in [0.2, 0.25) is 5.02 Å². The quantitative estimate of drug-likeness (QED) is 0.857. The summed E-state index contributed by atoms with van der Waals surface area (Å²) < 4.78 is 1.36. The van der Waals surface area contributed by atoms with Crippen LogP contribution in [-0.2, 0) is 18.6 Å². The molecule has 2 heterocycles. The van der Waals surface area contributed by atoms with Crippen LogP contribution in [0.15, 0.2) is 11.0 Å². The number of hydrogen-bond donors (Lipinski definition) is 2. The first-order valence-corrected chi connectivity index (χ1v) is 7.96. The van der Waals surface area contributed by atoms with E-state index in [2.05, 4.69) is 20.6 Å². The van der Waals surface area contributed by atoms with Gasteiger partial charge in [-0.25, -0.2) is 4.68 Å². The predicted molar refractivity (Wildman–Crippen MR) is 86.5 cm³/mol. The molecule has 9 heteroatoms. The number of aliphatic hydroxyl groups excluding tert-OH is 1. The van der Waals surface area contributed by atoms with Crippen molar-refractivity contribution in [2.24, 2.45) is 0 Å². The molecular weight excluding hydrogens is 326 g/mol. The molecule has 2 rings (SSSR count). The molecule has 22 heavy (non-hydrogen) atoms. The lowest BCUT2D eigenvalue weighted by molar-refractivity contribution is 0.280. The number of halogens is 1. The molecule has 0 aliphatic rings. The van der Waals surface area contributed by atoms with Crippen molar-refractivity contribution in [1.82, 2.24) is 20.0 Å². The Bertz CT molecular complexity index is 707. The summed E-state index contributed by atoms with van der Waals surface area (Å²) in [5, 5.41) is 25.5. The Kier molecular flexibility index (Phi) is 5.15. The van der Waals surface area contributed by atoms with Gasteiger partial charge in [0.1, 0.15) is 15.0 Å². The number of hydrogen-bond acceptors (Lipinski definition) is 7. The van der Waals surface area contributed by atoms with Crippen molar-refractivity contribution < 1.29 is 5.11 Å². The third-order valence-corrected chi connectivity index (χ3v) is 4.19. The second-order valence-corrected chi connectivity index (χ2v) is 7.21. The summed E-state index contributed by atoms with van der Waals surface area (Å²) in [7, 11) is 0. The topological polar surface area (TPSA) is 92.9 Å². The van der Waals surface area contributed by atoms with Crippen molar-refractivity contribution in [3.8, 4) is 0 Å². The number of anilines is 1. The fraction of sp³-hybridized carbons (Fsp3) is 0.538. The molecule has 0 bridgehead atoms. The van der Waals surface area contributed by atoms with Crippen LogP contribution in [0.25, 0.3) is 0 Å². The van der Waals surface area contributed by atoms with Gasteiger partial charge in [0.15, 0.2) is 0 Å². The Labute approximate surface area is 137 Å². The minimum atomic E-state index is -0.424. The Morgan fingerprint density at radius 1 is 1.36 bits per heavy atom. The largest absolute Gasteiger partial charge is 0.389 e. The van der Waals surface area contributed by atoms with E-state index in [1.54, 1.807) is 6.20 Å². The van der Waals surface area contributed by atoms with Crippen molar-refractivity contribution >= 4 is 28.6 Å². The number of nitrogens with one attached hydrogen (secondary N) is 1. The fourth-order valence-electron chi connectivity index (χ4n) is 1.79. The molecule has 120 valence electrons. The van der Waals surface area contributed by atoms with Crippen LogP contribution < -0.4 is 10.9 Å². The summed E-state index contributed by atoms with van der Waals surface area (Å²) in [6.07, 6.45) is 2.17. The molecule has 0 fully saturated rings. The molecule has 0 unspecified atom stereocenters. The van der Waals surface area contributed by atoms with E-state index in [-0.39, 0.29) is 17.2 Å². The van der Waals surface area contributed by atoms with Crippen molar-refractivity contribution in [2.75, 3.05) is 11.9 Å². The SMILES string of the molecule is CC(C)(C)n1ncc(NCCc2nnc(CO)s2)c(Cl)c1=O. The molecule has 0 saturated carbocycles. The first-order chi connectivity index (χ1) is 10.3. The molecule has 0 aliphatic carbocycles. The maximum Gasteiger partial charge on any atom is 0.288 e. The molecule has 0 saturated heterocycles. The molecule has 7 nitrogen and oxygen atoms in total. The van der Waals surface area contributed by atoms with Gasteiger partial charge in [-0.05, 0) is 20.8 Å². The Balaban J connectivity index is 2.04. The Hall–Kier alpha value is -1.51. The fourth-order valence-corrected chi connectivity index (χ4v) is 2.69. The van der Waals surface area contributed by atoms with Crippen molar-refractivity contribution in [3.63, 3.8) is 0 Å². The van der Waals surface area contributed by atoms with Crippen LogP contribution in [0, 0.1) is 0 Å². The van der Waals surface area contributed by atoms with E-state index in [9.17, 15) is 4.79 Å². The number of aromatic nitrogens is 4. The normalized spacial score (nSPS) is 11.7. The van der Waals surface area contributed by atoms with Crippen molar-refractivity contribution in [2.45, 2.75) is 39.3 Å². The second kappa shape index (κ2) is 6.72. The van der Waals surface area contributed by atoms with Gasteiger partial charge in [0, 0.05) is 13.0 Å². The zero-order valence-corrected chi connectivity index (χ0v) is 14.2. The van der Waals surface area contributed by atoms with Gasteiger partial charge in [0.05, 0.1) is 24.0 Å². The van der Waals surface area contributed by atoms with Gasteiger partial charge in [0.2, 0.25) is 0 Å². The lowest BCUT2D eigenvalue weighted by atomic mass is 10.1. The van der Waals surface area contributed by atoms with E-state index in [1.165, 1.54) is 16.0 Å². The number of nitrogens with zero attached hydrogens (tertiary/aromatic N) is 4. The highest BCUT2D eigenvalue weighted by molar-refractivity contribution is 7.11. The van der Waals surface area contributed by atoms with Gasteiger partial charge in [-0.3, -0.25) is 4.79 Å². The van der Waals surface area contributed by atoms with Crippen LogP contribution in [0.3, 0.4) is 0 Å². The summed E-state index contributed by atoms with van der Waals surface area (Å²) in [5.74, 6) is 0. The Morgan fingerprint density at radius 2 is 2.05 bits per heavy atom. The van der Waals surface area contributed by atoms with Gasteiger partial charge >= 0.3 is 0 Å². The molecule has 2 aromatic heterocycles. The minimum Gasteiger partial charge on any atom is -0.389 e. The van der Waals surface area contributed by atoms with Gasteiger partial charge in [0.25, 0.3) is 5.56 Å². The van der Waals surface area contributed by atoms with E-state index < -0.39 is 5.54 Å². The first-order valence-electron chi connectivity index (χ1n) is 6.77. The van der Waals surface area contributed by atoms with Gasteiger partial charge < -0.3 is 10.4 Å². The minimum absolute atomic E-state index is 0.105. The molecule has 0 aromatic carbocycles. The Morgan fingerprint density at radius 3 is 2.64 bits per heavy atom. The van der Waals surface area contributed by atoms with E-state index in [0.29, 0.717) is 23.7 Å². The summed E-state index contributed by atoms with van der Waals surface area (Å²) in [6.45, 7) is 6.10. The van der Waals surface area contributed by atoms with Gasteiger partial charge in [-0.1, -0.05) is 22.9 Å². The van der Waals surface area contributed by atoms with E-state index in [4.69, 9.17) is 16.7 Å². The van der Waals surface area contributed by atoms with E-state index in [1.807, 2.05) is 20.8 Å². The maximum atomic E-state index is 12.2. The lowest BCUT2D eigenvalue weighted by Crippen LogP contribution is -2.36. The molecule has 0 amide bonds. The third-order valence-electron chi connectivity index (χ3n) is 2.85. The zero-order valence-electron chi connectivity index (χ0n) is 12.6. The molecule has 0 radical (unpaired) electrons. The van der Waals surface area contributed by atoms with E-state index >= 15 is 0 Å². The van der Waals surface area contributed by atoms with Crippen LogP contribution in [0.1, 0.15) is 30.8 Å². The molecule has 0 atom stereocenters. The summed E-state index contributed by atoms with van der Waals surface area (Å²) in [6, 6.07) is 0. The van der Waals surface area contributed by atoms with Crippen molar-refractivity contribution in [3.05, 3.63) is 31.6 Å². The van der Waals surface area contributed by atoms with Crippen LogP contribution in [0.4, 0.5) is 5.69 Å². The van der Waals surface area contributed by atoms with E-state index in [0.717, 1.165) is 5.01 Å². The van der Waals surface area contributed by atoms with Crippen LogP contribution >= 0.6 is 22.9 Å². The molecule has 0 aliphatic heterocycles. The second-order valence-electron chi connectivity index (χ2n) is 5.68. The first kappa shape index (κ1) is 16.9.